The minimum atomic E-state index is 0.210. The fraction of sp³-hybridized carbons (Fsp3) is 0.529. The molecule has 7 heteroatoms. The van der Waals surface area contributed by atoms with Crippen LogP contribution in [-0.2, 0) is 0 Å². The number of nitrogens with one attached hydrogen (secondary N) is 2. The quantitative estimate of drug-likeness (QED) is 0.890. The molecule has 0 amide bonds. The van der Waals surface area contributed by atoms with Crippen LogP contribution in [0.5, 0.6) is 5.75 Å². The molecule has 3 fully saturated rings. The molecule has 1 atom stereocenters. The molecule has 3 saturated heterocycles. The van der Waals surface area contributed by atoms with E-state index >= 15 is 0 Å². The van der Waals surface area contributed by atoms with E-state index in [4.69, 9.17) is 4.74 Å². The number of aromatic nitrogens is 3. The lowest BCUT2D eigenvalue weighted by atomic mass is 9.72. The molecule has 2 bridgehead atoms. The first-order chi connectivity index (χ1) is 11.7. The van der Waals surface area contributed by atoms with Crippen molar-refractivity contribution in [3.63, 3.8) is 0 Å². The standard InChI is InChI=1S/C17H22N6O/c1-24-13-2-3-15-19-16(21-23(15)10-13)18-14-4-7-17(20-14)11-22-8-5-12(17)6-9-22/h2-4,10,12,20H,5-9,11H2,1H3,(H,18,21)/t17-/m0/s1. The van der Waals surface area contributed by atoms with Crippen molar-refractivity contribution < 1.29 is 4.74 Å². The summed E-state index contributed by atoms with van der Waals surface area (Å²) in [4.78, 5) is 7.11. The number of nitrogens with zero attached hydrogens (tertiary/aromatic N) is 4. The van der Waals surface area contributed by atoms with Crippen molar-refractivity contribution in [2.24, 2.45) is 5.92 Å². The van der Waals surface area contributed by atoms with Gasteiger partial charge in [-0.3, -0.25) is 0 Å². The van der Waals surface area contributed by atoms with E-state index in [0.717, 1.165) is 36.1 Å². The average Bonchev–Trinajstić information content (AvgIpc) is 3.19. The molecule has 4 aliphatic heterocycles. The van der Waals surface area contributed by atoms with Crippen LogP contribution in [0.3, 0.4) is 0 Å². The summed E-state index contributed by atoms with van der Waals surface area (Å²) in [5.41, 5.74) is 1.01. The van der Waals surface area contributed by atoms with Gasteiger partial charge in [-0.2, -0.15) is 4.98 Å². The fourth-order valence-electron chi connectivity index (χ4n) is 4.44. The molecule has 24 heavy (non-hydrogen) atoms. The Labute approximate surface area is 140 Å². The molecule has 0 saturated carbocycles. The van der Waals surface area contributed by atoms with Gasteiger partial charge in [0.25, 0.3) is 0 Å². The van der Waals surface area contributed by atoms with E-state index in [-0.39, 0.29) is 5.54 Å². The highest BCUT2D eigenvalue weighted by Gasteiger charge is 2.48. The molecule has 0 aliphatic carbocycles. The first-order valence-corrected chi connectivity index (χ1v) is 8.62. The van der Waals surface area contributed by atoms with Crippen LogP contribution in [-0.4, -0.2) is 51.8 Å². The third-order valence-corrected chi connectivity index (χ3v) is 5.71. The number of ether oxygens (including phenoxy) is 1. The molecule has 7 nitrogen and oxygen atoms in total. The second kappa shape index (κ2) is 5.11. The minimum Gasteiger partial charge on any atom is -0.495 e. The van der Waals surface area contributed by atoms with Gasteiger partial charge in [-0.05, 0) is 56.5 Å². The van der Waals surface area contributed by atoms with Crippen molar-refractivity contribution in [1.29, 1.82) is 0 Å². The van der Waals surface area contributed by atoms with Gasteiger partial charge >= 0.3 is 0 Å². The summed E-state index contributed by atoms with van der Waals surface area (Å²) in [6.45, 7) is 3.66. The highest BCUT2D eigenvalue weighted by Crippen LogP contribution is 2.41. The van der Waals surface area contributed by atoms with E-state index in [1.807, 2.05) is 18.3 Å². The summed E-state index contributed by atoms with van der Waals surface area (Å²) in [6, 6.07) is 3.80. The van der Waals surface area contributed by atoms with Crippen LogP contribution in [0.15, 0.2) is 30.2 Å². The number of hydrogen-bond acceptors (Lipinski definition) is 6. The zero-order chi connectivity index (χ0) is 16.1. The number of piperidine rings is 3. The Morgan fingerprint density at radius 1 is 1.33 bits per heavy atom. The lowest BCUT2D eigenvalue weighted by Crippen LogP contribution is -2.64. The molecule has 0 aromatic carbocycles. The summed E-state index contributed by atoms with van der Waals surface area (Å²) >= 11 is 0. The topological polar surface area (TPSA) is 66.7 Å². The first-order valence-electron chi connectivity index (χ1n) is 8.62. The number of methoxy groups -OCH3 is 1. The summed E-state index contributed by atoms with van der Waals surface area (Å²) in [6.07, 6.45) is 7.78. The van der Waals surface area contributed by atoms with E-state index in [0.29, 0.717) is 5.95 Å². The maximum Gasteiger partial charge on any atom is 0.248 e. The predicted octanol–water partition coefficient (Wildman–Crippen LogP) is 1.45. The van der Waals surface area contributed by atoms with Crippen LogP contribution in [0.2, 0.25) is 0 Å². The largest absolute Gasteiger partial charge is 0.495 e. The smallest absolute Gasteiger partial charge is 0.248 e. The molecule has 4 aliphatic rings. The molecule has 6 rings (SSSR count). The highest BCUT2D eigenvalue weighted by atomic mass is 16.5. The Kier molecular flexibility index (Phi) is 3.00. The van der Waals surface area contributed by atoms with Crippen LogP contribution in [0.1, 0.15) is 19.3 Å². The van der Waals surface area contributed by atoms with E-state index in [1.54, 1.807) is 11.6 Å². The average molecular weight is 326 g/mol. The molecular weight excluding hydrogens is 304 g/mol. The molecule has 1 spiro atoms. The number of hydrogen-bond donors (Lipinski definition) is 2. The fourth-order valence-corrected chi connectivity index (χ4v) is 4.44. The van der Waals surface area contributed by atoms with E-state index < -0.39 is 0 Å². The molecule has 6 heterocycles. The van der Waals surface area contributed by atoms with Crippen LogP contribution in [0.4, 0.5) is 5.95 Å². The van der Waals surface area contributed by atoms with Crippen LogP contribution in [0.25, 0.3) is 5.65 Å². The molecule has 2 N–H and O–H groups in total. The van der Waals surface area contributed by atoms with E-state index in [9.17, 15) is 0 Å². The number of anilines is 1. The summed E-state index contributed by atoms with van der Waals surface area (Å²) in [5, 5.41) is 11.6. The number of pyridine rings is 1. The normalized spacial score (nSPS) is 31.3. The Balaban J connectivity index is 1.34. The second-order valence-electron chi connectivity index (χ2n) is 7.09. The summed E-state index contributed by atoms with van der Waals surface area (Å²) in [7, 11) is 1.65. The molecule has 2 aromatic rings. The van der Waals surface area contributed by atoms with Crippen molar-refractivity contribution in [3.8, 4) is 5.75 Å². The lowest BCUT2D eigenvalue weighted by molar-refractivity contribution is 0.0189. The monoisotopic (exact) mass is 326 g/mol. The van der Waals surface area contributed by atoms with E-state index in [1.165, 1.54) is 25.9 Å². The zero-order valence-electron chi connectivity index (χ0n) is 13.8. The van der Waals surface area contributed by atoms with Crippen LogP contribution in [0, 0.1) is 5.92 Å². The molecule has 0 unspecified atom stereocenters. The molecule has 2 aromatic heterocycles. The zero-order valence-corrected chi connectivity index (χ0v) is 13.8. The lowest BCUT2D eigenvalue weighted by Gasteiger charge is -2.52. The Morgan fingerprint density at radius 3 is 2.96 bits per heavy atom. The minimum absolute atomic E-state index is 0.210. The Morgan fingerprint density at radius 2 is 2.21 bits per heavy atom. The maximum atomic E-state index is 5.23. The highest BCUT2D eigenvalue weighted by molar-refractivity contribution is 5.48. The van der Waals surface area contributed by atoms with Crippen molar-refractivity contribution in [1.82, 2.24) is 24.8 Å². The van der Waals surface area contributed by atoms with Gasteiger partial charge in [-0.25, -0.2) is 4.52 Å². The van der Waals surface area contributed by atoms with Crippen molar-refractivity contribution in [2.75, 3.05) is 32.1 Å². The number of fused-ring (bicyclic) bond motifs is 3. The molecular formula is C17H22N6O. The third-order valence-electron chi connectivity index (χ3n) is 5.71. The van der Waals surface area contributed by atoms with Gasteiger partial charge in [0, 0.05) is 6.54 Å². The Hall–Kier alpha value is -2.28. The molecule has 0 radical (unpaired) electrons. The third kappa shape index (κ3) is 2.15. The summed E-state index contributed by atoms with van der Waals surface area (Å²) < 4.78 is 6.97. The van der Waals surface area contributed by atoms with Gasteiger partial charge < -0.3 is 20.3 Å². The van der Waals surface area contributed by atoms with Gasteiger partial charge in [-0.1, -0.05) is 0 Å². The van der Waals surface area contributed by atoms with E-state index in [2.05, 4.69) is 31.7 Å². The van der Waals surface area contributed by atoms with Crippen molar-refractivity contribution >= 4 is 11.6 Å². The number of rotatable bonds is 3. The van der Waals surface area contributed by atoms with Crippen molar-refractivity contribution in [3.05, 3.63) is 30.2 Å². The maximum absolute atomic E-state index is 5.23. The van der Waals surface area contributed by atoms with Gasteiger partial charge in [0.1, 0.15) is 11.6 Å². The Bertz CT molecular complexity index is 807. The predicted molar refractivity (Wildman–Crippen MR) is 90.9 cm³/mol. The first kappa shape index (κ1) is 14.1. The van der Waals surface area contributed by atoms with Gasteiger partial charge in [0.05, 0.1) is 18.8 Å². The SMILES string of the molecule is COc1ccc2nc(NC3=CC[C@@]4(CN5CCC4CC5)N3)nn2c1. The van der Waals surface area contributed by atoms with Gasteiger partial charge in [-0.15, -0.1) is 5.10 Å². The summed E-state index contributed by atoms with van der Waals surface area (Å²) in [5.74, 6) is 3.19. The van der Waals surface area contributed by atoms with Gasteiger partial charge in [0.2, 0.25) is 5.95 Å². The van der Waals surface area contributed by atoms with Crippen LogP contribution < -0.4 is 15.4 Å². The van der Waals surface area contributed by atoms with Crippen molar-refractivity contribution in [2.45, 2.75) is 24.8 Å². The molecule has 126 valence electrons. The second-order valence-corrected chi connectivity index (χ2v) is 7.09. The van der Waals surface area contributed by atoms with Gasteiger partial charge in [0.15, 0.2) is 5.65 Å². The van der Waals surface area contributed by atoms with Crippen LogP contribution >= 0.6 is 0 Å².